The predicted octanol–water partition coefficient (Wildman–Crippen LogP) is 4.23. The van der Waals surface area contributed by atoms with Crippen LogP contribution in [0.1, 0.15) is 28.1 Å². The molecule has 206 valence electrons. The molecule has 1 aromatic heterocycles. The van der Waals surface area contributed by atoms with Crippen molar-refractivity contribution in [2.75, 3.05) is 45.9 Å². The molecule has 1 aliphatic rings. The summed E-state index contributed by atoms with van der Waals surface area (Å²) in [6.45, 7) is 4.38. The topological polar surface area (TPSA) is 109 Å². The summed E-state index contributed by atoms with van der Waals surface area (Å²) in [6.07, 6.45) is 2.18. The first-order valence-electron chi connectivity index (χ1n) is 12.8. The maximum Gasteiger partial charge on any atom is 0.288 e. The third-order valence-corrected chi connectivity index (χ3v) is 6.82. The Kier molecular flexibility index (Phi) is 10.1. The fraction of sp³-hybridized carbons (Fsp3) is 0.357. The van der Waals surface area contributed by atoms with Crippen molar-refractivity contribution in [3.05, 3.63) is 99.0 Å². The van der Waals surface area contributed by atoms with Gasteiger partial charge in [0.25, 0.3) is 11.6 Å². The molecule has 2 amide bonds. The van der Waals surface area contributed by atoms with Gasteiger partial charge in [-0.1, -0.05) is 41.9 Å². The van der Waals surface area contributed by atoms with Crippen molar-refractivity contribution in [3.63, 3.8) is 0 Å². The molecule has 2 heterocycles. The molecule has 0 unspecified atom stereocenters. The molecule has 2 aromatic carbocycles. The van der Waals surface area contributed by atoms with E-state index in [0.717, 1.165) is 31.3 Å². The molecule has 0 atom stereocenters. The van der Waals surface area contributed by atoms with Crippen molar-refractivity contribution in [1.29, 1.82) is 0 Å². The van der Waals surface area contributed by atoms with Gasteiger partial charge in [0, 0.05) is 44.4 Å². The van der Waals surface area contributed by atoms with Gasteiger partial charge in [-0.25, -0.2) is 0 Å². The summed E-state index contributed by atoms with van der Waals surface area (Å²) >= 11 is 5.96. The van der Waals surface area contributed by atoms with Crippen molar-refractivity contribution < 1.29 is 23.7 Å². The van der Waals surface area contributed by atoms with Gasteiger partial charge in [0.2, 0.25) is 5.91 Å². The summed E-state index contributed by atoms with van der Waals surface area (Å²) in [7, 11) is 0. The fourth-order valence-electron chi connectivity index (χ4n) is 4.42. The number of halogens is 1. The molecule has 1 fully saturated rings. The number of nitrogens with zero attached hydrogens (tertiary/aromatic N) is 4. The summed E-state index contributed by atoms with van der Waals surface area (Å²) in [6, 6.07) is 17.1. The van der Waals surface area contributed by atoms with E-state index in [0.29, 0.717) is 38.5 Å². The van der Waals surface area contributed by atoms with E-state index < -0.39 is 10.8 Å². The lowest BCUT2D eigenvalue weighted by Crippen LogP contribution is -2.44. The molecule has 11 heteroatoms. The quantitative estimate of drug-likeness (QED) is 0.243. The zero-order valence-electron chi connectivity index (χ0n) is 21.5. The number of carbonyl (C=O) groups is 2. The van der Waals surface area contributed by atoms with Crippen molar-refractivity contribution in [3.8, 4) is 0 Å². The molecular formula is C28H31ClN4O6. The van der Waals surface area contributed by atoms with Gasteiger partial charge in [0.15, 0.2) is 0 Å². The number of rotatable bonds is 12. The van der Waals surface area contributed by atoms with Crippen molar-refractivity contribution in [1.82, 2.24) is 14.7 Å². The molecule has 1 saturated heterocycles. The van der Waals surface area contributed by atoms with Gasteiger partial charge < -0.3 is 19.0 Å². The van der Waals surface area contributed by atoms with Crippen LogP contribution in [0, 0.1) is 10.1 Å². The second-order valence-electron chi connectivity index (χ2n) is 9.27. The fourth-order valence-corrected chi connectivity index (χ4v) is 4.61. The van der Waals surface area contributed by atoms with Gasteiger partial charge in [0.1, 0.15) is 17.3 Å². The molecule has 0 spiro atoms. The van der Waals surface area contributed by atoms with Gasteiger partial charge >= 0.3 is 0 Å². The van der Waals surface area contributed by atoms with E-state index >= 15 is 0 Å². The summed E-state index contributed by atoms with van der Waals surface area (Å²) in [5.74, 6) is -0.112. The Morgan fingerprint density at radius 2 is 1.77 bits per heavy atom. The molecule has 10 nitrogen and oxygen atoms in total. The highest BCUT2D eigenvalue weighted by molar-refractivity contribution is 6.32. The molecule has 0 saturated carbocycles. The van der Waals surface area contributed by atoms with Crippen LogP contribution in [0.2, 0.25) is 5.02 Å². The molecule has 0 bridgehead atoms. The van der Waals surface area contributed by atoms with Crippen molar-refractivity contribution in [2.45, 2.75) is 19.5 Å². The number of nitro groups is 1. The standard InChI is InChI=1S/C28H31ClN4O6/c29-25-10-9-23(18-26(25)33(36)37)28(35)31(12-5-11-30-13-16-38-17-14-30)21-27(34)32(20-24-8-4-15-39-24)19-22-6-2-1-3-7-22/h1-4,6-10,15,18H,5,11-14,16-17,19-21H2. The Labute approximate surface area is 231 Å². The van der Waals surface area contributed by atoms with Crippen LogP contribution in [0.4, 0.5) is 5.69 Å². The Bertz CT molecular complexity index is 1250. The molecule has 3 aromatic rings. The minimum atomic E-state index is -0.627. The Morgan fingerprint density at radius 1 is 1.00 bits per heavy atom. The van der Waals surface area contributed by atoms with Crippen LogP contribution in [0.5, 0.6) is 0 Å². The van der Waals surface area contributed by atoms with E-state index in [1.54, 1.807) is 23.3 Å². The molecule has 39 heavy (non-hydrogen) atoms. The number of nitro benzene ring substituents is 1. The zero-order chi connectivity index (χ0) is 27.6. The van der Waals surface area contributed by atoms with E-state index in [-0.39, 0.29) is 35.3 Å². The molecule has 1 aliphatic heterocycles. The summed E-state index contributed by atoms with van der Waals surface area (Å²) in [4.78, 5) is 43.4. The first-order valence-corrected chi connectivity index (χ1v) is 13.2. The third kappa shape index (κ3) is 8.13. The number of hydrogen-bond acceptors (Lipinski definition) is 7. The first kappa shape index (κ1) is 28.3. The Morgan fingerprint density at radius 3 is 2.46 bits per heavy atom. The van der Waals surface area contributed by atoms with Crippen LogP contribution in [-0.2, 0) is 22.6 Å². The van der Waals surface area contributed by atoms with Crippen molar-refractivity contribution >= 4 is 29.1 Å². The number of morpholine rings is 1. The molecular weight excluding hydrogens is 524 g/mol. The lowest BCUT2D eigenvalue weighted by atomic mass is 10.1. The average Bonchev–Trinajstić information content (AvgIpc) is 3.46. The monoisotopic (exact) mass is 554 g/mol. The lowest BCUT2D eigenvalue weighted by Gasteiger charge is -2.30. The third-order valence-electron chi connectivity index (χ3n) is 6.50. The van der Waals surface area contributed by atoms with Crippen LogP contribution < -0.4 is 0 Å². The molecule has 0 N–H and O–H groups in total. The van der Waals surface area contributed by atoms with Gasteiger partial charge in [-0.3, -0.25) is 24.6 Å². The van der Waals surface area contributed by atoms with Crippen LogP contribution in [0.25, 0.3) is 0 Å². The van der Waals surface area contributed by atoms with E-state index in [4.69, 9.17) is 20.8 Å². The van der Waals surface area contributed by atoms with Crippen LogP contribution in [0.15, 0.2) is 71.3 Å². The van der Waals surface area contributed by atoms with Gasteiger partial charge in [-0.05, 0) is 36.2 Å². The SMILES string of the molecule is O=C(CN(CCCN1CCOCC1)C(=O)c1ccc(Cl)c([N+](=O)[O-])c1)N(Cc1ccccc1)Cc1ccco1. The van der Waals surface area contributed by atoms with Gasteiger partial charge in [-0.2, -0.15) is 0 Å². The van der Waals surface area contributed by atoms with Crippen LogP contribution in [-0.4, -0.2) is 77.4 Å². The second-order valence-corrected chi connectivity index (χ2v) is 9.68. The van der Waals surface area contributed by atoms with Crippen LogP contribution >= 0.6 is 11.6 Å². The summed E-state index contributed by atoms with van der Waals surface area (Å²) in [5, 5.41) is 11.4. The zero-order valence-corrected chi connectivity index (χ0v) is 22.3. The highest BCUT2D eigenvalue weighted by Gasteiger charge is 2.25. The Hall–Kier alpha value is -3.73. The van der Waals surface area contributed by atoms with E-state index in [2.05, 4.69) is 4.90 Å². The smallest absolute Gasteiger partial charge is 0.288 e. The lowest BCUT2D eigenvalue weighted by molar-refractivity contribution is -0.384. The number of carbonyl (C=O) groups excluding carboxylic acids is 2. The normalized spacial score (nSPS) is 13.7. The Balaban J connectivity index is 1.53. The van der Waals surface area contributed by atoms with E-state index in [1.165, 1.54) is 17.0 Å². The highest BCUT2D eigenvalue weighted by atomic mass is 35.5. The average molecular weight is 555 g/mol. The van der Waals surface area contributed by atoms with E-state index in [9.17, 15) is 19.7 Å². The van der Waals surface area contributed by atoms with Crippen molar-refractivity contribution in [2.24, 2.45) is 0 Å². The molecule has 0 radical (unpaired) electrons. The first-order chi connectivity index (χ1) is 18.9. The minimum Gasteiger partial charge on any atom is -0.467 e. The highest BCUT2D eigenvalue weighted by Crippen LogP contribution is 2.26. The van der Waals surface area contributed by atoms with Gasteiger partial charge in [0.05, 0.1) is 30.9 Å². The van der Waals surface area contributed by atoms with Gasteiger partial charge in [-0.15, -0.1) is 0 Å². The number of benzene rings is 2. The predicted molar refractivity (Wildman–Crippen MR) is 145 cm³/mol. The second kappa shape index (κ2) is 13.9. The number of ether oxygens (including phenoxy) is 1. The number of hydrogen-bond donors (Lipinski definition) is 0. The summed E-state index contributed by atoms with van der Waals surface area (Å²) < 4.78 is 10.9. The molecule has 0 aliphatic carbocycles. The largest absolute Gasteiger partial charge is 0.467 e. The van der Waals surface area contributed by atoms with Crippen LogP contribution in [0.3, 0.4) is 0 Å². The summed E-state index contributed by atoms with van der Waals surface area (Å²) in [5.41, 5.74) is 0.687. The molecule has 4 rings (SSSR count). The number of amides is 2. The number of furan rings is 1. The maximum atomic E-state index is 13.6. The maximum absolute atomic E-state index is 13.6. The van der Waals surface area contributed by atoms with E-state index in [1.807, 2.05) is 30.3 Å². The minimum absolute atomic E-state index is 0.0565.